The monoisotopic (exact) mass is 313 g/mol. The van der Waals surface area contributed by atoms with E-state index in [4.69, 9.17) is 0 Å². The van der Waals surface area contributed by atoms with Crippen molar-refractivity contribution in [1.82, 2.24) is 25.1 Å². The van der Waals surface area contributed by atoms with Gasteiger partial charge in [-0.1, -0.05) is 43.7 Å². The highest BCUT2D eigenvalue weighted by molar-refractivity contribution is 5.80. The number of amides is 1. The Morgan fingerprint density at radius 1 is 1.35 bits per heavy atom. The van der Waals surface area contributed by atoms with Crippen LogP contribution in [0.2, 0.25) is 0 Å². The predicted octanol–water partition coefficient (Wildman–Crippen LogP) is 2.11. The molecule has 2 heterocycles. The molecule has 1 saturated heterocycles. The second-order valence-corrected chi connectivity index (χ2v) is 6.20. The molecule has 0 radical (unpaired) electrons. The molecule has 1 amide bonds. The van der Waals surface area contributed by atoms with Crippen molar-refractivity contribution in [1.29, 1.82) is 0 Å². The topological polar surface area (TPSA) is 63.9 Å². The molecule has 0 aliphatic carbocycles. The van der Waals surface area contributed by atoms with Gasteiger partial charge in [-0.25, -0.2) is 4.68 Å². The Bertz CT molecular complexity index is 613. The smallest absolute Gasteiger partial charge is 0.247 e. The summed E-state index contributed by atoms with van der Waals surface area (Å²) < 4.78 is 1.59. The summed E-state index contributed by atoms with van der Waals surface area (Å²) in [4.78, 5) is 15.1. The predicted molar refractivity (Wildman–Crippen MR) is 86.6 cm³/mol. The van der Waals surface area contributed by atoms with Crippen molar-refractivity contribution < 1.29 is 4.79 Å². The number of hydrogen-bond acceptors (Lipinski definition) is 4. The van der Waals surface area contributed by atoms with Crippen LogP contribution in [0.25, 0.3) is 0 Å². The highest BCUT2D eigenvalue weighted by Gasteiger charge is 2.30. The van der Waals surface area contributed by atoms with E-state index < -0.39 is 0 Å². The molecular formula is C17H23N5O. The molecule has 1 aromatic carbocycles. The zero-order chi connectivity index (χ0) is 16.1. The molecule has 0 unspecified atom stereocenters. The second kappa shape index (κ2) is 7.35. The SMILES string of the molecule is CC[C@@H]1CCCN(C(=O)[C@@H](Cc2ccccc2)n2cnnn2)C1. The summed E-state index contributed by atoms with van der Waals surface area (Å²) in [5, 5.41) is 11.4. The third-order valence-corrected chi connectivity index (χ3v) is 4.65. The first-order valence-electron chi connectivity index (χ1n) is 8.33. The van der Waals surface area contributed by atoms with Gasteiger partial charge in [0.15, 0.2) is 0 Å². The Balaban J connectivity index is 1.79. The van der Waals surface area contributed by atoms with Gasteiger partial charge in [0.1, 0.15) is 12.4 Å². The van der Waals surface area contributed by atoms with Gasteiger partial charge in [-0.15, -0.1) is 5.10 Å². The minimum Gasteiger partial charge on any atom is -0.341 e. The lowest BCUT2D eigenvalue weighted by Gasteiger charge is -2.34. The van der Waals surface area contributed by atoms with Crippen LogP contribution in [-0.2, 0) is 11.2 Å². The molecule has 1 fully saturated rings. The molecule has 6 heteroatoms. The summed E-state index contributed by atoms with van der Waals surface area (Å²) in [6.07, 6.45) is 5.56. The highest BCUT2D eigenvalue weighted by atomic mass is 16.2. The normalized spacial score (nSPS) is 19.5. The average Bonchev–Trinajstić information content (AvgIpc) is 3.14. The van der Waals surface area contributed by atoms with Crippen LogP contribution >= 0.6 is 0 Å². The zero-order valence-electron chi connectivity index (χ0n) is 13.5. The molecule has 1 aromatic heterocycles. The minimum atomic E-state index is -0.372. The van der Waals surface area contributed by atoms with Crippen molar-refractivity contribution in [2.45, 2.75) is 38.6 Å². The van der Waals surface area contributed by atoms with E-state index >= 15 is 0 Å². The Morgan fingerprint density at radius 2 is 2.17 bits per heavy atom. The van der Waals surface area contributed by atoms with Crippen LogP contribution in [-0.4, -0.2) is 44.1 Å². The van der Waals surface area contributed by atoms with Crippen molar-refractivity contribution >= 4 is 5.91 Å². The van der Waals surface area contributed by atoms with Gasteiger partial charge in [-0.05, 0) is 34.7 Å². The van der Waals surface area contributed by atoms with Crippen LogP contribution < -0.4 is 0 Å². The molecule has 2 atom stereocenters. The number of tetrazole rings is 1. The quantitative estimate of drug-likeness (QED) is 0.848. The van der Waals surface area contributed by atoms with E-state index in [1.54, 1.807) is 4.68 Å². The summed E-state index contributed by atoms with van der Waals surface area (Å²) in [6.45, 7) is 3.88. The second-order valence-electron chi connectivity index (χ2n) is 6.20. The lowest BCUT2D eigenvalue weighted by Crippen LogP contribution is -2.44. The fraction of sp³-hybridized carbons (Fsp3) is 0.529. The lowest BCUT2D eigenvalue weighted by atomic mass is 9.94. The largest absolute Gasteiger partial charge is 0.341 e. The van der Waals surface area contributed by atoms with Crippen LogP contribution in [0.1, 0.15) is 37.8 Å². The number of nitrogens with zero attached hydrogens (tertiary/aromatic N) is 5. The first-order chi connectivity index (χ1) is 11.3. The maximum absolute atomic E-state index is 13.1. The molecule has 122 valence electrons. The number of benzene rings is 1. The van der Waals surface area contributed by atoms with Crippen molar-refractivity contribution in [3.63, 3.8) is 0 Å². The number of likely N-dealkylation sites (tertiary alicyclic amines) is 1. The Kier molecular flexibility index (Phi) is 5.00. The highest BCUT2D eigenvalue weighted by Crippen LogP contribution is 2.23. The number of aromatic nitrogens is 4. The fourth-order valence-electron chi connectivity index (χ4n) is 3.25. The van der Waals surface area contributed by atoms with Crippen LogP contribution in [0.15, 0.2) is 36.7 Å². The molecule has 0 saturated carbocycles. The number of piperidine rings is 1. The number of hydrogen-bond donors (Lipinski definition) is 0. The zero-order valence-corrected chi connectivity index (χ0v) is 13.5. The minimum absolute atomic E-state index is 0.124. The molecule has 1 aliphatic rings. The van der Waals surface area contributed by atoms with Crippen LogP contribution in [0, 0.1) is 5.92 Å². The number of carbonyl (C=O) groups excluding carboxylic acids is 1. The van der Waals surface area contributed by atoms with Gasteiger partial charge in [-0.3, -0.25) is 4.79 Å². The Morgan fingerprint density at radius 3 is 2.87 bits per heavy atom. The van der Waals surface area contributed by atoms with Crippen LogP contribution in [0.3, 0.4) is 0 Å². The average molecular weight is 313 g/mol. The molecule has 3 rings (SSSR count). The third kappa shape index (κ3) is 3.75. The van der Waals surface area contributed by atoms with Crippen molar-refractivity contribution in [2.75, 3.05) is 13.1 Å². The first-order valence-corrected chi connectivity index (χ1v) is 8.33. The fourth-order valence-corrected chi connectivity index (χ4v) is 3.25. The van der Waals surface area contributed by atoms with Gasteiger partial charge < -0.3 is 4.90 Å². The van der Waals surface area contributed by atoms with Gasteiger partial charge in [0, 0.05) is 19.5 Å². The third-order valence-electron chi connectivity index (χ3n) is 4.65. The maximum Gasteiger partial charge on any atom is 0.247 e. The lowest BCUT2D eigenvalue weighted by molar-refractivity contribution is -0.137. The van der Waals surface area contributed by atoms with E-state index in [9.17, 15) is 4.79 Å². The molecule has 1 aliphatic heterocycles. The van der Waals surface area contributed by atoms with Gasteiger partial charge >= 0.3 is 0 Å². The van der Waals surface area contributed by atoms with E-state index in [1.165, 1.54) is 12.7 Å². The van der Waals surface area contributed by atoms with Crippen molar-refractivity contribution in [2.24, 2.45) is 5.92 Å². The van der Waals surface area contributed by atoms with Gasteiger partial charge in [0.2, 0.25) is 5.91 Å². The summed E-state index contributed by atoms with van der Waals surface area (Å²) in [7, 11) is 0. The molecule has 0 bridgehead atoms. The standard InChI is InChI=1S/C17H23N5O/c1-2-14-9-6-10-21(12-14)17(23)16(22-13-18-19-20-22)11-15-7-4-3-5-8-15/h3-5,7-8,13-14,16H,2,6,9-12H2,1H3/t14-,16-/m1/s1. The van der Waals surface area contributed by atoms with E-state index in [2.05, 4.69) is 22.4 Å². The van der Waals surface area contributed by atoms with Crippen molar-refractivity contribution in [3.8, 4) is 0 Å². The summed E-state index contributed by atoms with van der Waals surface area (Å²) >= 11 is 0. The van der Waals surface area contributed by atoms with Crippen molar-refractivity contribution in [3.05, 3.63) is 42.2 Å². The van der Waals surface area contributed by atoms with Gasteiger partial charge in [-0.2, -0.15) is 0 Å². The number of carbonyl (C=O) groups is 1. The van der Waals surface area contributed by atoms with E-state index in [1.807, 2.05) is 35.2 Å². The van der Waals surface area contributed by atoms with Crippen LogP contribution in [0.4, 0.5) is 0 Å². The molecular weight excluding hydrogens is 290 g/mol. The molecule has 0 spiro atoms. The molecule has 6 nitrogen and oxygen atoms in total. The molecule has 0 N–H and O–H groups in total. The van der Waals surface area contributed by atoms with E-state index in [0.717, 1.165) is 31.5 Å². The van der Waals surface area contributed by atoms with E-state index in [0.29, 0.717) is 12.3 Å². The summed E-state index contributed by atoms with van der Waals surface area (Å²) in [6, 6.07) is 9.66. The Hall–Kier alpha value is -2.24. The van der Waals surface area contributed by atoms with Gasteiger partial charge in [0.05, 0.1) is 0 Å². The molecule has 2 aromatic rings. The number of rotatable bonds is 5. The Labute approximate surface area is 136 Å². The van der Waals surface area contributed by atoms with Crippen LogP contribution in [0.5, 0.6) is 0 Å². The van der Waals surface area contributed by atoms with Gasteiger partial charge in [0.25, 0.3) is 0 Å². The van der Waals surface area contributed by atoms with E-state index in [-0.39, 0.29) is 11.9 Å². The maximum atomic E-state index is 13.1. The summed E-state index contributed by atoms with van der Waals surface area (Å²) in [5.41, 5.74) is 1.12. The first kappa shape index (κ1) is 15.6. The summed E-state index contributed by atoms with van der Waals surface area (Å²) in [5.74, 6) is 0.734. The molecule has 23 heavy (non-hydrogen) atoms.